The Hall–Kier alpha value is -0.710. The summed E-state index contributed by atoms with van der Waals surface area (Å²) in [5, 5.41) is 0. The molecular weight excluding hydrogens is 168 g/mol. The lowest BCUT2D eigenvalue weighted by Gasteiger charge is -2.38. The lowest BCUT2D eigenvalue weighted by molar-refractivity contribution is -0.145. The molecule has 1 rings (SSSR count). The standard InChI is InChI=1S/C7H11F2NO2/c1-5(11)10-2-6(3-10)12-4-7(8)9/h6-7H,2-4H2,1H3. The molecule has 0 aliphatic carbocycles. The maximum absolute atomic E-state index is 11.6. The number of alkyl halides is 2. The first kappa shape index (κ1) is 9.38. The molecule has 1 aliphatic heterocycles. The molecule has 1 aliphatic rings. The molecule has 0 atom stereocenters. The number of carbonyl (C=O) groups excluding carboxylic acids is 1. The molecule has 0 N–H and O–H groups in total. The van der Waals surface area contributed by atoms with E-state index in [0.717, 1.165) is 0 Å². The Labute approximate surface area is 69.3 Å². The van der Waals surface area contributed by atoms with Crippen molar-refractivity contribution in [1.82, 2.24) is 4.90 Å². The van der Waals surface area contributed by atoms with E-state index in [1.807, 2.05) is 0 Å². The fourth-order valence-electron chi connectivity index (χ4n) is 1.01. The van der Waals surface area contributed by atoms with E-state index in [0.29, 0.717) is 13.1 Å². The molecule has 3 nitrogen and oxygen atoms in total. The number of rotatable bonds is 3. The summed E-state index contributed by atoms with van der Waals surface area (Å²) >= 11 is 0. The summed E-state index contributed by atoms with van der Waals surface area (Å²) in [5.74, 6) is -0.0353. The minimum atomic E-state index is -2.42. The molecule has 0 saturated carbocycles. The number of hydrogen-bond donors (Lipinski definition) is 0. The minimum absolute atomic E-state index is 0.0353. The van der Waals surface area contributed by atoms with Crippen molar-refractivity contribution in [3.05, 3.63) is 0 Å². The molecule has 1 fully saturated rings. The van der Waals surface area contributed by atoms with Crippen LogP contribution in [0.25, 0.3) is 0 Å². The fraction of sp³-hybridized carbons (Fsp3) is 0.857. The Kier molecular flexibility index (Phi) is 2.97. The van der Waals surface area contributed by atoms with Crippen molar-refractivity contribution in [3.63, 3.8) is 0 Å². The maximum Gasteiger partial charge on any atom is 0.261 e. The lowest BCUT2D eigenvalue weighted by Crippen LogP contribution is -2.54. The molecule has 1 amide bonds. The smallest absolute Gasteiger partial charge is 0.261 e. The Morgan fingerprint density at radius 1 is 1.67 bits per heavy atom. The molecule has 0 aromatic heterocycles. The highest BCUT2D eigenvalue weighted by Crippen LogP contribution is 2.12. The zero-order chi connectivity index (χ0) is 9.14. The van der Waals surface area contributed by atoms with Gasteiger partial charge in [-0.25, -0.2) is 8.78 Å². The molecule has 1 saturated heterocycles. The van der Waals surface area contributed by atoms with Crippen LogP contribution in [0.3, 0.4) is 0 Å². The van der Waals surface area contributed by atoms with E-state index in [-0.39, 0.29) is 12.0 Å². The largest absolute Gasteiger partial charge is 0.369 e. The molecule has 0 unspecified atom stereocenters. The van der Waals surface area contributed by atoms with E-state index < -0.39 is 13.0 Å². The van der Waals surface area contributed by atoms with E-state index in [1.165, 1.54) is 6.92 Å². The van der Waals surface area contributed by atoms with Crippen molar-refractivity contribution in [1.29, 1.82) is 0 Å². The van der Waals surface area contributed by atoms with Crippen molar-refractivity contribution < 1.29 is 18.3 Å². The van der Waals surface area contributed by atoms with Crippen LogP contribution < -0.4 is 0 Å². The molecule has 0 bridgehead atoms. The van der Waals surface area contributed by atoms with Gasteiger partial charge in [-0.2, -0.15) is 0 Å². The zero-order valence-corrected chi connectivity index (χ0v) is 6.80. The van der Waals surface area contributed by atoms with Gasteiger partial charge in [0.05, 0.1) is 6.10 Å². The fourth-order valence-corrected chi connectivity index (χ4v) is 1.01. The summed E-state index contributed by atoms with van der Waals surface area (Å²) in [5.41, 5.74) is 0. The highest BCUT2D eigenvalue weighted by molar-refractivity contribution is 5.74. The summed E-state index contributed by atoms with van der Waals surface area (Å²) in [6, 6.07) is 0. The van der Waals surface area contributed by atoms with Crippen molar-refractivity contribution in [2.45, 2.75) is 19.5 Å². The monoisotopic (exact) mass is 179 g/mol. The Bertz CT molecular complexity index is 169. The van der Waals surface area contributed by atoms with Crippen LogP contribution in [0.2, 0.25) is 0 Å². The van der Waals surface area contributed by atoms with Gasteiger partial charge in [0.25, 0.3) is 6.43 Å². The molecule has 0 aromatic rings. The van der Waals surface area contributed by atoms with Crippen molar-refractivity contribution in [2.24, 2.45) is 0 Å². The first-order valence-corrected chi connectivity index (χ1v) is 3.75. The lowest BCUT2D eigenvalue weighted by atomic mass is 10.2. The molecule has 0 spiro atoms. The van der Waals surface area contributed by atoms with E-state index in [1.54, 1.807) is 4.90 Å². The quantitative estimate of drug-likeness (QED) is 0.631. The van der Waals surface area contributed by atoms with Crippen LogP contribution in [-0.4, -0.2) is 43.0 Å². The average molecular weight is 179 g/mol. The SMILES string of the molecule is CC(=O)N1CC(OCC(F)F)C1. The summed E-state index contributed by atoms with van der Waals surface area (Å²) in [6.45, 7) is 1.81. The number of halogens is 2. The van der Waals surface area contributed by atoms with Gasteiger partial charge in [0.15, 0.2) is 0 Å². The van der Waals surface area contributed by atoms with Crippen LogP contribution in [0.4, 0.5) is 8.78 Å². The third kappa shape index (κ3) is 2.41. The van der Waals surface area contributed by atoms with Gasteiger partial charge in [0, 0.05) is 20.0 Å². The summed E-state index contributed by atoms with van der Waals surface area (Å²) < 4.78 is 28.0. The second kappa shape index (κ2) is 3.80. The number of hydrogen-bond acceptors (Lipinski definition) is 2. The molecule has 70 valence electrons. The second-order valence-electron chi connectivity index (χ2n) is 2.77. The Balaban J connectivity index is 2.06. The Morgan fingerprint density at radius 2 is 2.25 bits per heavy atom. The predicted molar refractivity (Wildman–Crippen MR) is 38.0 cm³/mol. The normalized spacial score (nSPS) is 18.2. The predicted octanol–water partition coefficient (Wildman–Crippen LogP) is 0.499. The second-order valence-corrected chi connectivity index (χ2v) is 2.77. The zero-order valence-electron chi connectivity index (χ0n) is 6.80. The molecule has 0 aromatic carbocycles. The van der Waals surface area contributed by atoms with Crippen molar-refractivity contribution in [3.8, 4) is 0 Å². The molecule has 0 radical (unpaired) electrons. The first-order valence-electron chi connectivity index (χ1n) is 3.75. The van der Waals surface area contributed by atoms with Crippen LogP contribution in [0.15, 0.2) is 0 Å². The number of nitrogens with zero attached hydrogens (tertiary/aromatic N) is 1. The van der Waals surface area contributed by atoms with Crippen LogP contribution in [0, 0.1) is 0 Å². The third-order valence-corrected chi connectivity index (χ3v) is 1.75. The number of carbonyl (C=O) groups is 1. The first-order chi connectivity index (χ1) is 5.59. The minimum Gasteiger partial charge on any atom is -0.369 e. The summed E-state index contributed by atoms with van der Waals surface area (Å²) in [6.07, 6.45) is -2.61. The molecular formula is C7H11F2NO2. The Morgan fingerprint density at radius 3 is 2.67 bits per heavy atom. The van der Waals surface area contributed by atoms with Gasteiger partial charge in [0.1, 0.15) is 6.61 Å². The van der Waals surface area contributed by atoms with E-state index in [4.69, 9.17) is 4.74 Å². The highest BCUT2D eigenvalue weighted by Gasteiger charge is 2.29. The van der Waals surface area contributed by atoms with Gasteiger partial charge in [-0.05, 0) is 0 Å². The van der Waals surface area contributed by atoms with Gasteiger partial charge in [0.2, 0.25) is 5.91 Å². The van der Waals surface area contributed by atoms with E-state index in [9.17, 15) is 13.6 Å². The van der Waals surface area contributed by atoms with Gasteiger partial charge in [-0.15, -0.1) is 0 Å². The average Bonchev–Trinajstić information content (AvgIpc) is 1.82. The van der Waals surface area contributed by atoms with E-state index >= 15 is 0 Å². The van der Waals surface area contributed by atoms with E-state index in [2.05, 4.69) is 0 Å². The molecule has 12 heavy (non-hydrogen) atoms. The summed E-state index contributed by atoms with van der Waals surface area (Å²) in [7, 11) is 0. The maximum atomic E-state index is 11.6. The van der Waals surface area contributed by atoms with Crippen LogP contribution in [0.5, 0.6) is 0 Å². The van der Waals surface area contributed by atoms with Crippen molar-refractivity contribution >= 4 is 5.91 Å². The molecule has 5 heteroatoms. The van der Waals surface area contributed by atoms with Gasteiger partial charge >= 0.3 is 0 Å². The molecule has 1 heterocycles. The highest BCUT2D eigenvalue weighted by atomic mass is 19.3. The van der Waals surface area contributed by atoms with Gasteiger partial charge in [-0.3, -0.25) is 4.79 Å². The number of likely N-dealkylation sites (tertiary alicyclic amines) is 1. The van der Waals surface area contributed by atoms with Crippen molar-refractivity contribution in [2.75, 3.05) is 19.7 Å². The van der Waals surface area contributed by atoms with Gasteiger partial charge in [-0.1, -0.05) is 0 Å². The number of ether oxygens (including phenoxy) is 1. The topological polar surface area (TPSA) is 29.5 Å². The summed E-state index contributed by atoms with van der Waals surface area (Å²) in [4.78, 5) is 12.2. The van der Waals surface area contributed by atoms with Crippen LogP contribution in [-0.2, 0) is 9.53 Å². The number of amides is 1. The van der Waals surface area contributed by atoms with Gasteiger partial charge < -0.3 is 9.64 Å². The third-order valence-electron chi connectivity index (χ3n) is 1.75. The van der Waals surface area contributed by atoms with Crippen LogP contribution in [0.1, 0.15) is 6.92 Å². The van der Waals surface area contributed by atoms with Crippen LogP contribution >= 0.6 is 0 Å².